The summed E-state index contributed by atoms with van der Waals surface area (Å²) in [4.78, 5) is 18.4. The van der Waals surface area contributed by atoms with Crippen LogP contribution in [0.3, 0.4) is 0 Å². The summed E-state index contributed by atoms with van der Waals surface area (Å²) in [6.45, 7) is -2.49. The number of nitrogens with zero attached hydrogens (tertiary/aromatic N) is 2. The second-order valence-electron chi connectivity index (χ2n) is 9.24. The van der Waals surface area contributed by atoms with Crippen molar-refractivity contribution in [1.82, 2.24) is 9.88 Å². The Bertz CT molecular complexity index is 1420. The number of amides is 1. The number of rotatable bonds is 9. The Morgan fingerprint density at radius 1 is 1.26 bits per heavy atom. The van der Waals surface area contributed by atoms with Gasteiger partial charge in [0.1, 0.15) is 16.2 Å². The molecule has 14 heteroatoms. The number of benzene rings is 2. The van der Waals surface area contributed by atoms with Crippen LogP contribution in [0, 0.1) is 0 Å². The Balaban J connectivity index is 1.53. The molecule has 0 unspecified atom stereocenters. The van der Waals surface area contributed by atoms with E-state index in [2.05, 4.69) is 14.4 Å². The number of ether oxygens (including phenoxy) is 1. The van der Waals surface area contributed by atoms with Gasteiger partial charge in [-0.2, -0.15) is 8.78 Å². The number of thiazole rings is 1. The van der Waals surface area contributed by atoms with Crippen LogP contribution in [0.5, 0.6) is 5.75 Å². The molecule has 2 aromatic carbocycles. The van der Waals surface area contributed by atoms with Crippen molar-refractivity contribution in [3.05, 3.63) is 47.5 Å². The minimum absolute atomic E-state index is 0.0186. The van der Waals surface area contributed by atoms with Crippen LogP contribution < -0.4 is 9.46 Å². The maximum Gasteiger partial charge on any atom is 0.387 e. The van der Waals surface area contributed by atoms with Gasteiger partial charge in [0, 0.05) is 25.6 Å². The number of anilines is 1. The first-order valence-corrected chi connectivity index (χ1v) is 14.0. The highest BCUT2D eigenvalue weighted by molar-refractivity contribution is 7.93. The number of halogens is 4. The number of aromatic nitrogens is 1. The van der Waals surface area contributed by atoms with Crippen LogP contribution in [0.25, 0.3) is 10.2 Å². The van der Waals surface area contributed by atoms with Crippen molar-refractivity contribution in [1.29, 1.82) is 0 Å². The molecule has 1 aromatic heterocycles. The van der Waals surface area contributed by atoms with Crippen molar-refractivity contribution in [2.45, 2.75) is 55.6 Å². The zero-order chi connectivity index (χ0) is 27.7. The molecule has 4 rings (SSSR count). The summed E-state index contributed by atoms with van der Waals surface area (Å²) in [5.41, 5.74) is 0.0481. The Kier molecular flexibility index (Phi) is 7.86. The number of piperidine rings is 1. The maximum atomic E-state index is 13.2. The van der Waals surface area contributed by atoms with Gasteiger partial charge >= 0.3 is 6.61 Å². The summed E-state index contributed by atoms with van der Waals surface area (Å²) in [6, 6.07) is 8.02. The Morgan fingerprint density at radius 3 is 2.63 bits per heavy atom. The van der Waals surface area contributed by atoms with Crippen LogP contribution in [-0.2, 0) is 10.0 Å². The second kappa shape index (κ2) is 10.7. The molecular formula is C24H25F4N3O5S2. The van der Waals surface area contributed by atoms with E-state index in [1.165, 1.54) is 39.9 Å². The molecule has 2 heterocycles. The summed E-state index contributed by atoms with van der Waals surface area (Å²) >= 11 is 1.26. The van der Waals surface area contributed by atoms with Gasteiger partial charge in [0.25, 0.3) is 15.9 Å². The zero-order valence-electron chi connectivity index (χ0n) is 20.2. The van der Waals surface area contributed by atoms with Crippen molar-refractivity contribution >= 4 is 43.2 Å². The molecule has 206 valence electrons. The van der Waals surface area contributed by atoms with Crippen molar-refractivity contribution < 1.29 is 40.6 Å². The average Bonchev–Trinajstić information content (AvgIpc) is 3.31. The molecule has 1 aliphatic heterocycles. The van der Waals surface area contributed by atoms with Gasteiger partial charge in [0.15, 0.2) is 0 Å². The molecule has 0 aliphatic carbocycles. The van der Waals surface area contributed by atoms with E-state index in [9.17, 15) is 35.9 Å². The molecule has 1 fully saturated rings. The molecule has 8 nitrogen and oxygen atoms in total. The standard InChI is InChI=1S/C24H25F4N3O5S2/c1-23(27,28)7-8-24(33)9-11-31(12-10-24)21(32)16-6-5-15(13-17(16)36-22(25)26)30-38(34,35)19-4-2-3-18-20(19)29-14-37-18/h2-6,13-14,22,30,33H,7-12H2,1H3. The van der Waals surface area contributed by atoms with Crippen molar-refractivity contribution in [2.24, 2.45) is 0 Å². The van der Waals surface area contributed by atoms with Gasteiger partial charge in [-0.25, -0.2) is 22.2 Å². The number of sulfonamides is 1. The third-order valence-electron chi connectivity index (χ3n) is 6.30. The fourth-order valence-electron chi connectivity index (χ4n) is 4.24. The average molecular weight is 576 g/mol. The van der Waals surface area contributed by atoms with Crippen molar-refractivity contribution in [3.63, 3.8) is 0 Å². The first-order chi connectivity index (χ1) is 17.8. The number of hydrogen-bond donors (Lipinski definition) is 2. The first kappa shape index (κ1) is 28.0. The molecule has 1 aliphatic rings. The van der Waals surface area contributed by atoms with Gasteiger partial charge in [0.05, 0.1) is 27.1 Å². The van der Waals surface area contributed by atoms with Crippen LogP contribution in [0.4, 0.5) is 23.2 Å². The van der Waals surface area contributed by atoms with E-state index in [0.29, 0.717) is 4.70 Å². The van der Waals surface area contributed by atoms with Crippen LogP contribution in [0.2, 0.25) is 0 Å². The first-order valence-electron chi connectivity index (χ1n) is 11.6. The van der Waals surface area contributed by atoms with Gasteiger partial charge in [0.2, 0.25) is 5.92 Å². The van der Waals surface area contributed by atoms with E-state index < -0.39 is 46.2 Å². The molecule has 2 N–H and O–H groups in total. The third-order valence-corrected chi connectivity index (χ3v) is 8.51. The largest absolute Gasteiger partial charge is 0.434 e. The number of nitrogens with one attached hydrogen (secondary N) is 1. The Hall–Kier alpha value is -2.97. The molecular weight excluding hydrogens is 550 g/mol. The van der Waals surface area contributed by atoms with Crippen LogP contribution in [-0.4, -0.2) is 60.5 Å². The molecule has 0 radical (unpaired) electrons. The fourth-order valence-corrected chi connectivity index (χ4v) is 6.23. The van der Waals surface area contributed by atoms with Gasteiger partial charge in [-0.15, -0.1) is 11.3 Å². The SMILES string of the molecule is CC(F)(F)CCC1(O)CCN(C(=O)c2ccc(NS(=O)(=O)c3cccc4scnc34)cc2OC(F)F)CC1. The zero-order valence-corrected chi connectivity index (χ0v) is 21.8. The molecule has 3 aromatic rings. The molecule has 0 spiro atoms. The minimum atomic E-state index is -4.16. The number of aliphatic hydroxyl groups is 1. The number of fused-ring (bicyclic) bond motifs is 1. The summed E-state index contributed by atoms with van der Waals surface area (Å²) < 4.78 is 86.3. The van der Waals surface area contributed by atoms with Crippen molar-refractivity contribution in [2.75, 3.05) is 17.8 Å². The fraction of sp³-hybridized carbons (Fsp3) is 0.417. The van der Waals surface area contributed by atoms with E-state index in [1.54, 1.807) is 12.1 Å². The highest BCUT2D eigenvalue weighted by Crippen LogP contribution is 2.34. The lowest BCUT2D eigenvalue weighted by atomic mass is 9.86. The lowest BCUT2D eigenvalue weighted by molar-refractivity contribution is -0.0577. The molecule has 0 saturated carbocycles. The van der Waals surface area contributed by atoms with Gasteiger partial charge in [-0.3, -0.25) is 9.52 Å². The summed E-state index contributed by atoms with van der Waals surface area (Å²) in [7, 11) is -4.16. The quantitative estimate of drug-likeness (QED) is 0.344. The predicted molar refractivity (Wildman–Crippen MR) is 133 cm³/mol. The normalized spacial score (nSPS) is 16.1. The lowest BCUT2D eigenvalue weighted by Crippen LogP contribution is -2.47. The van der Waals surface area contributed by atoms with Gasteiger partial charge in [-0.05, 0) is 50.5 Å². The predicted octanol–water partition coefficient (Wildman–Crippen LogP) is 5.10. The third kappa shape index (κ3) is 6.53. The number of alkyl halides is 4. The topological polar surface area (TPSA) is 109 Å². The molecule has 0 atom stereocenters. The maximum absolute atomic E-state index is 13.2. The van der Waals surface area contributed by atoms with Crippen LogP contribution >= 0.6 is 11.3 Å². The van der Waals surface area contributed by atoms with Crippen LogP contribution in [0.15, 0.2) is 46.8 Å². The second-order valence-corrected chi connectivity index (χ2v) is 11.8. The van der Waals surface area contributed by atoms with Crippen LogP contribution in [0.1, 0.15) is 43.0 Å². The molecule has 1 saturated heterocycles. The number of carbonyl (C=O) groups is 1. The Morgan fingerprint density at radius 2 is 1.97 bits per heavy atom. The van der Waals surface area contributed by atoms with Gasteiger partial charge in [-0.1, -0.05) is 6.07 Å². The summed E-state index contributed by atoms with van der Waals surface area (Å²) in [5.74, 6) is -4.14. The van der Waals surface area contributed by atoms with Gasteiger partial charge < -0.3 is 14.7 Å². The summed E-state index contributed by atoms with van der Waals surface area (Å²) in [5, 5.41) is 10.6. The minimum Gasteiger partial charge on any atom is -0.434 e. The number of likely N-dealkylation sites (tertiary alicyclic amines) is 1. The molecule has 1 amide bonds. The van der Waals surface area contributed by atoms with E-state index in [-0.39, 0.29) is 54.0 Å². The van der Waals surface area contributed by atoms with E-state index in [4.69, 9.17) is 0 Å². The Labute approximate surface area is 220 Å². The van der Waals surface area contributed by atoms with E-state index in [1.807, 2.05) is 0 Å². The molecule has 0 bridgehead atoms. The number of para-hydroxylation sites is 1. The summed E-state index contributed by atoms with van der Waals surface area (Å²) in [6.07, 6.45) is -0.556. The highest BCUT2D eigenvalue weighted by atomic mass is 32.2. The lowest BCUT2D eigenvalue weighted by Gasteiger charge is -2.38. The molecule has 38 heavy (non-hydrogen) atoms. The number of carbonyl (C=O) groups excluding carboxylic acids is 1. The monoisotopic (exact) mass is 575 g/mol. The van der Waals surface area contributed by atoms with E-state index in [0.717, 1.165) is 13.0 Å². The number of hydrogen-bond acceptors (Lipinski definition) is 7. The van der Waals surface area contributed by atoms with Crippen molar-refractivity contribution in [3.8, 4) is 5.75 Å². The van der Waals surface area contributed by atoms with E-state index >= 15 is 0 Å². The smallest absolute Gasteiger partial charge is 0.387 e. The highest BCUT2D eigenvalue weighted by Gasteiger charge is 2.37.